The smallest absolute Gasteiger partial charge is 0.307 e. The molecule has 0 spiro atoms. The Balaban J connectivity index is 1.41. The standard InChI is InChI=1S/C19H23ClN2O3/c20-14-3-5-15(6-4-14)21-7-9-22(10-8-21)18(23)16-12-1-2-13(11-12)17(16)19(24)25/h3-6,12-13,16-17H,1-2,7-11H2,(H,24,25)/t12-,13-,16-,17+/m0/s1. The van der Waals surface area contributed by atoms with Gasteiger partial charge in [0.2, 0.25) is 5.91 Å². The summed E-state index contributed by atoms with van der Waals surface area (Å²) in [4.78, 5) is 28.8. The molecule has 2 aliphatic carbocycles. The summed E-state index contributed by atoms with van der Waals surface area (Å²) in [7, 11) is 0. The van der Waals surface area contributed by atoms with Gasteiger partial charge in [0.05, 0.1) is 11.8 Å². The van der Waals surface area contributed by atoms with Crippen LogP contribution >= 0.6 is 11.6 Å². The zero-order valence-electron chi connectivity index (χ0n) is 14.1. The Labute approximate surface area is 152 Å². The van der Waals surface area contributed by atoms with Gasteiger partial charge >= 0.3 is 5.97 Å². The van der Waals surface area contributed by atoms with Crippen molar-refractivity contribution in [1.29, 1.82) is 0 Å². The van der Waals surface area contributed by atoms with Crippen molar-refractivity contribution in [1.82, 2.24) is 4.90 Å². The molecule has 134 valence electrons. The summed E-state index contributed by atoms with van der Waals surface area (Å²) in [6.45, 7) is 2.85. The van der Waals surface area contributed by atoms with Crippen molar-refractivity contribution in [3.8, 4) is 0 Å². The van der Waals surface area contributed by atoms with E-state index in [0.29, 0.717) is 18.1 Å². The number of hydrogen-bond acceptors (Lipinski definition) is 3. The van der Waals surface area contributed by atoms with Crippen LogP contribution in [0, 0.1) is 23.7 Å². The van der Waals surface area contributed by atoms with E-state index in [0.717, 1.165) is 38.0 Å². The predicted octanol–water partition coefficient (Wildman–Crippen LogP) is 2.74. The number of fused-ring (bicyclic) bond motifs is 2. The van der Waals surface area contributed by atoms with Crippen LogP contribution in [0.3, 0.4) is 0 Å². The Kier molecular flexibility index (Phi) is 4.36. The summed E-state index contributed by atoms with van der Waals surface area (Å²) in [5.74, 6) is -1.03. The van der Waals surface area contributed by atoms with Crippen molar-refractivity contribution >= 4 is 29.2 Å². The highest BCUT2D eigenvalue weighted by molar-refractivity contribution is 6.30. The van der Waals surface area contributed by atoms with Crippen LogP contribution in [-0.4, -0.2) is 48.1 Å². The van der Waals surface area contributed by atoms with Crippen molar-refractivity contribution in [2.24, 2.45) is 23.7 Å². The van der Waals surface area contributed by atoms with Crippen molar-refractivity contribution in [3.05, 3.63) is 29.3 Å². The minimum Gasteiger partial charge on any atom is -0.481 e. The summed E-state index contributed by atoms with van der Waals surface area (Å²) in [5, 5.41) is 10.3. The number of carbonyl (C=O) groups is 2. The molecule has 1 saturated heterocycles. The molecule has 25 heavy (non-hydrogen) atoms. The highest BCUT2D eigenvalue weighted by atomic mass is 35.5. The van der Waals surface area contributed by atoms with Gasteiger partial charge in [-0.1, -0.05) is 11.6 Å². The van der Waals surface area contributed by atoms with Gasteiger partial charge in [-0.25, -0.2) is 0 Å². The highest BCUT2D eigenvalue weighted by Crippen LogP contribution is 2.53. The molecular formula is C19H23ClN2O3. The van der Waals surface area contributed by atoms with E-state index in [-0.39, 0.29) is 23.7 Å². The number of anilines is 1. The SMILES string of the molecule is O=C(O)[C@@H]1[C@H]2CC[C@@H](C2)[C@@H]1C(=O)N1CCN(c2ccc(Cl)cc2)CC1. The first-order valence-electron chi connectivity index (χ1n) is 9.06. The van der Waals surface area contributed by atoms with E-state index in [1.54, 1.807) is 0 Å². The summed E-state index contributed by atoms with van der Waals surface area (Å²) < 4.78 is 0. The fourth-order valence-electron chi connectivity index (χ4n) is 5.05. The van der Waals surface area contributed by atoms with Crippen LogP contribution in [0.5, 0.6) is 0 Å². The van der Waals surface area contributed by atoms with Crippen LogP contribution in [0.1, 0.15) is 19.3 Å². The van der Waals surface area contributed by atoms with Crippen molar-refractivity contribution < 1.29 is 14.7 Å². The van der Waals surface area contributed by atoms with E-state index in [2.05, 4.69) is 4.90 Å². The second-order valence-corrected chi connectivity index (χ2v) is 7.95. The summed E-state index contributed by atoms with van der Waals surface area (Å²) in [6.07, 6.45) is 2.89. The maximum absolute atomic E-state index is 13.0. The third-order valence-corrected chi connectivity index (χ3v) is 6.52. The van der Waals surface area contributed by atoms with Crippen LogP contribution in [0.4, 0.5) is 5.69 Å². The third-order valence-electron chi connectivity index (χ3n) is 6.27. The Bertz CT molecular complexity index is 670. The molecule has 1 aromatic carbocycles. The molecule has 0 unspecified atom stereocenters. The molecular weight excluding hydrogens is 340 g/mol. The quantitative estimate of drug-likeness (QED) is 0.898. The maximum atomic E-state index is 13.0. The molecule has 6 heteroatoms. The lowest BCUT2D eigenvalue weighted by Gasteiger charge is -2.39. The minimum absolute atomic E-state index is 0.0651. The molecule has 2 bridgehead atoms. The summed E-state index contributed by atoms with van der Waals surface area (Å²) >= 11 is 5.94. The number of carboxylic acids is 1. The van der Waals surface area contributed by atoms with Gasteiger partial charge in [-0.15, -0.1) is 0 Å². The zero-order chi connectivity index (χ0) is 17.6. The number of nitrogens with zero attached hydrogens (tertiary/aromatic N) is 2. The molecule has 1 aromatic rings. The van der Waals surface area contributed by atoms with Crippen LogP contribution in [0.15, 0.2) is 24.3 Å². The lowest BCUT2D eigenvalue weighted by Crippen LogP contribution is -2.52. The van der Waals surface area contributed by atoms with E-state index in [4.69, 9.17) is 11.6 Å². The van der Waals surface area contributed by atoms with Crippen LogP contribution in [0.25, 0.3) is 0 Å². The van der Waals surface area contributed by atoms with E-state index in [1.807, 2.05) is 29.2 Å². The molecule has 1 heterocycles. The fraction of sp³-hybridized carbons (Fsp3) is 0.579. The molecule has 3 aliphatic rings. The summed E-state index contributed by atoms with van der Waals surface area (Å²) in [6, 6.07) is 7.74. The molecule has 1 N–H and O–H groups in total. The Morgan fingerprint density at radius 1 is 0.960 bits per heavy atom. The Morgan fingerprint density at radius 3 is 2.16 bits per heavy atom. The number of rotatable bonds is 3. The predicted molar refractivity (Wildman–Crippen MR) is 95.7 cm³/mol. The lowest BCUT2D eigenvalue weighted by atomic mass is 9.78. The van der Waals surface area contributed by atoms with E-state index in [9.17, 15) is 14.7 Å². The molecule has 1 amide bonds. The average Bonchev–Trinajstić information content (AvgIpc) is 3.23. The van der Waals surface area contributed by atoms with Crippen LogP contribution in [-0.2, 0) is 9.59 Å². The van der Waals surface area contributed by atoms with Crippen LogP contribution < -0.4 is 4.90 Å². The van der Waals surface area contributed by atoms with Gasteiger partial charge in [0.15, 0.2) is 0 Å². The number of aliphatic carboxylic acids is 1. The van der Waals surface area contributed by atoms with Crippen LogP contribution in [0.2, 0.25) is 5.02 Å². The van der Waals surface area contributed by atoms with Gasteiger partial charge in [0, 0.05) is 36.9 Å². The molecule has 4 rings (SSSR count). The van der Waals surface area contributed by atoms with E-state index in [1.165, 1.54) is 0 Å². The second-order valence-electron chi connectivity index (χ2n) is 7.51. The topological polar surface area (TPSA) is 60.9 Å². The molecule has 5 nitrogen and oxygen atoms in total. The Hall–Kier alpha value is -1.75. The molecule has 2 saturated carbocycles. The van der Waals surface area contributed by atoms with Crippen molar-refractivity contribution in [3.63, 3.8) is 0 Å². The molecule has 4 atom stereocenters. The second kappa shape index (κ2) is 6.52. The van der Waals surface area contributed by atoms with Gasteiger partial charge in [-0.2, -0.15) is 0 Å². The number of benzene rings is 1. The molecule has 1 aliphatic heterocycles. The third kappa shape index (κ3) is 2.99. The monoisotopic (exact) mass is 362 g/mol. The van der Waals surface area contributed by atoms with E-state index < -0.39 is 11.9 Å². The van der Waals surface area contributed by atoms with Gasteiger partial charge < -0.3 is 14.9 Å². The fourth-order valence-corrected chi connectivity index (χ4v) is 5.18. The number of carboxylic acid groups (broad SMARTS) is 1. The first kappa shape index (κ1) is 16.7. The average molecular weight is 363 g/mol. The lowest BCUT2D eigenvalue weighted by molar-refractivity contribution is -0.153. The van der Waals surface area contributed by atoms with Gasteiger partial charge in [0.1, 0.15) is 0 Å². The number of piperazine rings is 1. The first-order chi connectivity index (χ1) is 12.0. The van der Waals surface area contributed by atoms with Gasteiger partial charge in [0.25, 0.3) is 0 Å². The number of hydrogen-bond donors (Lipinski definition) is 1. The zero-order valence-corrected chi connectivity index (χ0v) is 14.9. The minimum atomic E-state index is -0.787. The van der Waals surface area contributed by atoms with E-state index >= 15 is 0 Å². The molecule has 0 radical (unpaired) electrons. The number of amides is 1. The normalized spacial score (nSPS) is 31.4. The number of halogens is 1. The van der Waals surface area contributed by atoms with Crippen molar-refractivity contribution in [2.45, 2.75) is 19.3 Å². The maximum Gasteiger partial charge on any atom is 0.307 e. The van der Waals surface area contributed by atoms with Gasteiger partial charge in [-0.3, -0.25) is 9.59 Å². The molecule has 0 aromatic heterocycles. The van der Waals surface area contributed by atoms with Crippen molar-refractivity contribution in [2.75, 3.05) is 31.1 Å². The molecule has 3 fully saturated rings. The van der Waals surface area contributed by atoms with Gasteiger partial charge in [-0.05, 0) is 55.4 Å². The first-order valence-corrected chi connectivity index (χ1v) is 9.44. The summed E-state index contributed by atoms with van der Waals surface area (Å²) in [5.41, 5.74) is 1.11. The largest absolute Gasteiger partial charge is 0.481 e. The number of carbonyl (C=O) groups excluding carboxylic acids is 1. The Morgan fingerprint density at radius 2 is 1.56 bits per heavy atom. The highest BCUT2D eigenvalue weighted by Gasteiger charge is 2.54.